The Morgan fingerprint density at radius 3 is 2.55 bits per heavy atom. The maximum Gasteiger partial charge on any atom is 0.223 e. The lowest BCUT2D eigenvalue weighted by Crippen LogP contribution is -2.45. The van der Waals surface area contributed by atoms with Crippen molar-refractivity contribution in [3.63, 3.8) is 0 Å². The molecule has 0 saturated carbocycles. The summed E-state index contributed by atoms with van der Waals surface area (Å²) in [6, 6.07) is 15.9. The zero-order valence-electron chi connectivity index (χ0n) is 17.5. The fourth-order valence-electron chi connectivity index (χ4n) is 6.34. The molecule has 0 N–H and O–H groups in total. The van der Waals surface area contributed by atoms with Crippen LogP contribution in [-0.4, -0.2) is 32.4 Å². The van der Waals surface area contributed by atoms with Gasteiger partial charge in [-0.25, -0.2) is 9.37 Å². The highest BCUT2D eigenvalue weighted by Crippen LogP contribution is 2.49. The molecule has 2 bridgehead atoms. The van der Waals surface area contributed by atoms with E-state index in [2.05, 4.69) is 26.6 Å². The van der Waals surface area contributed by atoms with Crippen molar-refractivity contribution in [2.45, 2.75) is 62.6 Å². The van der Waals surface area contributed by atoms with Crippen molar-refractivity contribution in [2.75, 3.05) is 0 Å². The topological polar surface area (TPSA) is 38.1 Å². The molecule has 2 saturated heterocycles. The molecular formula is C26H26FN3O. The van der Waals surface area contributed by atoms with Gasteiger partial charge in [-0.2, -0.15) is 0 Å². The van der Waals surface area contributed by atoms with Gasteiger partial charge in [0.1, 0.15) is 11.6 Å². The number of hydrogen-bond acceptors (Lipinski definition) is 2. The van der Waals surface area contributed by atoms with Crippen LogP contribution in [0.25, 0.3) is 11.4 Å². The van der Waals surface area contributed by atoms with Gasteiger partial charge in [-0.3, -0.25) is 4.79 Å². The Kier molecular flexibility index (Phi) is 4.27. The first-order chi connectivity index (χ1) is 15.2. The Morgan fingerprint density at radius 2 is 1.77 bits per heavy atom. The monoisotopic (exact) mass is 415 g/mol. The number of amides is 1. The van der Waals surface area contributed by atoms with Crippen LogP contribution in [0.4, 0.5) is 4.39 Å². The summed E-state index contributed by atoms with van der Waals surface area (Å²) in [6.07, 6.45) is 10.7. The number of benzene rings is 2. The Hall–Kier alpha value is -2.95. The maximum atomic E-state index is 13.8. The molecule has 6 rings (SSSR count). The van der Waals surface area contributed by atoms with Gasteiger partial charge >= 0.3 is 0 Å². The molecule has 3 aromatic rings. The quantitative estimate of drug-likeness (QED) is 0.593. The number of piperidine rings is 1. The molecule has 3 atom stereocenters. The Labute approximate surface area is 181 Å². The van der Waals surface area contributed by atoms with Crippen LogP contribution in [0.1, 0.15) is 56.1 Å². The second kappa shape index (κ2) is 7.04. The third-order valence-electron chi connectivity index (χ3n) is 7.67. The molecule has 3 unspecified atom stereocenters. The highest BCUT2D eigenvalue weighted by Gasteiger charge is 2.46. The van der Waals surface area contributed by atoms with E-state index in [0.29, 0.717) is 24.9 Å². The van der Waals surface area contributed by atoms with Gasteiger partial charge in [0.15, 0.2) is 0 Å². The lowest BCUT2D eigenvalue weighted by Gasteiger charge is -2.37. The molecule has 31 heavy (non-hydrogen) atoms. The molecule has 3 aliphatic heterocycles. The molecule has 4 nitrogen and oxygen atoms in total. The van der Waals surface area contributed by atoms with Crippen LogP contribution < -0.4 is 0 Å². The second-order valence-electron chi connectivity index (χ2n) is 9.15. The number of hydrogen-bond donors (Lipinski definition) is 0. The number of carbonyl (C=O) groups is 1. The smallest absolute Gasteiger partial charge is 0.223 e. The summed E-state index contributed by atoms with van der Waals surface area (Å²) in [6.45, 7) is 0. The average molecular weight is 416 g/mol. The highest BCUT2D eigenvalue weighted by atomic mass is 19.1. The predicted octanol–water partition coefficient (Wildman–Crippen LogP) is 5.12. The van der Waals surface area contributed by atoms with Crippen molar-refractivity contribution in [1.29, 1.82) is 0 Å². The maximum absolute atomic E-state index is 13.8. The summed E-state index contributed by atoms with van der Waals surface area (Å²) in [5, 5.41) is 0. The number of aromatic nitrogens is 2. The molecule has 1 amide bonds. The van der Waals surface area contributed by atoms with Crippen molar-refractivity contribution in [1.82, 2.24) is 14.5 Å². The third-order valence-corrected chi connectivity index (χ3v) is 7.67. The van der Waals surface area contributed by atoms with Gasteiger partial charge in [0, 0.05) is 36.5 Å². The van der Waals surface area contributed by atoms with Crippen LogP contribution in [0.5, 0.6) is 0 Å². The fraction of sp³-hybridized carbons (Fsp3) is 0.385. The lowest BCUT2D eigenvalue weighted by atomic mass is 9.79. The van der Waals surface area contributed by atoms with Crippen molar-refractivity contribution in [2.24, 2.45) is 0 Å². The first-order valence-corrected chi connectivity index (χ1v) is 11.4. The predicted molar refractivity (Wildman–Crippen MR) is 117 cm³/mol. The van der Waals surface area contributed by atoms with E-state index in [1.54, 1.807) is 0 Å². The van der Waals surface area contributed by atoms with Gasteiger partial charge in [0.25, 0.3) is 0 Å². The number of fused-ring (bicyclic) bond motifs is 5. The number of imidazole rings is 1. The van der Waals surface area contributed by atoms with Crippen LogP contribution in [-0.2, 0) is 10.3 Å². The molecule has 0 radical (unpaired) electrons. The minimum absolute atomic E-state index is 0.253. The summed E-state index contributed by atoms with van der Waals surface area (Å²) in [4.78, 5) is 20.3. The molecule has 5 heteroatoms. The first-order valence-electron chi connectivity index (χ1n) is 11.4. The molecule has 2 aromatic carbocycles. The van der Waals surface area contributed by atoms with Crippen molar-refractivity contribution in [3.05, 3.63) is 77.9 Å². The minimum atomic E-state index is -0.555. The van der Waals surface area contributed by atoms with Crippen molar-refractivity contribution < 1.29 is 9.18 Å². The van der Waals surface area contributed by atoms with Crippen LogP contribution in [0.15, 0.2) is 60.9 Å². The van der Waals surface area contributed by atoms with Crippen molar-refractivity contribution >= 4 is 5.91 Å². The fourth-order valence-corrected chi connectivity index (χ4v) is 6.34. The molecule has 3 aliphatic rings. The number of nitrogens with zero attached hydrogens (tertiary/aromatic N) is 3. The van der Waals surface area contributed by atoms with E-state index in [-0.39, 0.29) is 11.7 Å². The molecular weight excluding hydrogens is 389 g/mol. The molecule has 4 heterocycles. The molecule has 0 aliphatic carbocycles. The van der Waals surface area contributed by atoms with Crippen molar-refractivity contribution in [3.8, 4) is 11.4 Å². The Bertz CT molecular complexity index is 1120. The van der Waals surface area contributed by atoms with E-state index in [9.17, 15) is 9.18 Å². The number of halogens is 1. The van der Waals surface area contributed by atoms with Crippen LogP contribution in [0.3, 0.4) is 0 Å². The summed E-state index contributed by atoms with van der Waals surface area (Å²) in [7, 11) is 0. The standard InChI is InChI=1S/C26H26FN3O/c27-19-10-8-18(9-11-19)26(15-14-24(31)30-20-4-3-5-21(30)13-12-20)23-7-2-1-6-22(23)25-28-16-17-29(25)26/h1-2,6-11,16-17,20-21H,3-5,12-15H2. The van der Waals surface area contributed by atoms with E-state index in [1.807, 2.05) is 36.7 Å². The van der Waals surface area contributed by atoms with Crippen LogP contribution >= 0.6 is 0 Å². The van der Waals surface area contributed by atoms with Gasteiger partial charge in [-0.15, -0.1) is 0 Å². The van der Waals surface area contributed by atoms with Gasteiger partial charge in [0.05, 0.1) is 5.54 Å². The zero-order chi connectivity index (χ0) is 21.0. The van der Waals surface area contributed by atoms with E-state index in [1.165, 1.54) is 18.6 Å². The number of rotatable bonds is 4. The summed E-state index contributed by atoms with van der Waals surface area (Å²) < 4.78 is 16.0. The number of carbonyl (C=O) groups excluding carboxylic acids is 1. The summed E-state index contributed by atoms with van der Waals surface area (Å²) in [5.74, 6) is 0.919. The van der Waals surface area contributed by atoms with Gasteiger partial charge in [-0.1, -0.05) is 36.4 Å². The third kappa shape index (κ3) is 2.72. The second-order valence-corrected chi connectivity index (χ2v) is 9.15. The van der Waals surface area contributed by atoms with E-state index in [0.717, 1.165) is 48.2 Å². The zero-order valence-corrected chi connectivity index (χ0v) is 17.5. The highest BCUT2D eigenvalue weighted by molar-refractivity contribution is 5.78. The molecule has 2 fully saturated rings. The lowest BCUT2D eigenvalue weighted by molar-refractivity contribution is -0.135. The molecule has 0 spiro atoms. The van der Waals surface area contributed by atoms with E-state index < -0.39 is 5.54 Å². The summed E-state index contributed by atoms with van der Waals surface area (Å²) in [5.41, 5.74) is 2.66. The normalized spacial score (nSPS) is 26.0. The van der Waals surface area contributed by atoms with E-state index in [4.69, 9.17) is 0 Å². The summed E-state index contributed by atoms with van der Waals surface area (Å²) >= 11 is 0. The van der Waals surface area contributed by atoms with E-state index >= 15 is 0 Å². The SMILES string of the molecule is O=C(CCC1(c2ccc(F)cc2)c2ccccc2-c2nccn21)N1C2CCCC1CC2. The Balaban J connectivity index is 1.42. The van der Waals surface area contributed by atoms with Crippen LogP contribution in [0.2, 0.25) is 0 Å². The van der Waals surface area contributed by atoms with Gasteiger partial charge in [0.2, 0.25) is 5.91 Å². The average Bonchev–Trinajstić information content (AvgIpc) is 3.44. The van der Waals surface area contributed by atoms with Gasteiger partial charge in [-0.05, 0) is 61.8 Å². The largest absolute Gasteiger partial charge is 0.337 e. The molecule has 158 valence electrons. The Morgan fingerprint density at radius 1 is 1.03 bits per heavy atom. The first kappa shape index (κ1) is 18.8. The van der Waals surface area contributed by atoms with Crippen LogP contribution in [0, 0.1) is 5.82 Å². The molecule has 1 aromatic heterocycles. The minimum Gasteiger partial charge on any atom is -0.337 e. The van der Waals surface area contributed by atoms with Gasteiger partial charge < -0.3 is 9.47 Å².